The molecule has 31 heavy (non-hydrogen) atoms. The van der Waals surface area contributed by atoms with Crippen LogP contribution in [0.5, 0.6) is 11.5 Å². The molecular formula is C25H23N3O3. The Balaban J connectivity index is 1.82. The van der Waals surface area contributed by atoms with Crippen LogP contribution < -0.4 is 15.2 Å². The third-order valence-corrected chi connectivity index (χ3v) is 6.77. The van der Waals surface area contributed by atoms with E-state index in [4.69, 9.17) is 15.2 Å². The SMILES string of the molecule is COc1cncc2c1[C@]1(O)C[C@H](CN)C(c3ccccc3)C1(c1ccc(C#N)cc1)O2. The third-order valence-electron chi connectivity index (χ3n) is 6.77. The molecule has 0 spiro atoms. The van der Waals surface area contributed by atoms with Crippen LogP contribution in [0.4, 0.5) is 0 Å². The normalized spacial score (nSPS) is 28.3. The summed E-state index contributed by atoms with van der Waals surface area (Å²) in [5, 5.41) is 21.7. The smallest absolute Gasteiger partial charge is 0.174 e. The molecule has 1 saturated carbocycles. The van der Waals surface area contributed by atoms with Crippen molar-refractivity contribution in [1.29, 1.82) is 5.26 Å². The van der Waals surface area contributed by atoms with E-state index >= 15 is 0 Å². The summed E-state index contributed by atoms with van der Waals surface area (Å²) in [6.07, 6.45) is 3.64. The summed E-state index contributed by atoms with van der Waals surface area (Å²) in [5.74, 6) is 0.741. The van der Waals surface area contributed by atoms with Gasteiger partial charge in [-0.15, -0.1) is 0 Å². The Labute approximate surface area is 180 Å². The fourth-order valence-corrected chi connectivity index (χ4v) is 5.57. The number of hydrogen-bond donors (Lipinski definition) is 2. The number of benzene rings is 2. The molecule has 0 bridgehead atoms. The van der Waals surface area contributed by atoms with Crippen LogP contribution in [0.3, 0.4) is 0 Å². The lowest BCUT2D eigenvalue weighted by Gasteiger charge is -2.40. The van der Waals surface area contributed by atoms with E-state index < -0.39 is 11.2 Å². The van der Waals surface area contributed by atoms with E-state index in [2.05, 4.69) is 11.1 Å². The molecule has 0 radical (unpaired) electrons. The number of nitriles is 1. The summed E-state index contributed by atoms with van der Waals surface area (Å²) in [5.41, 5.74) is 6.71. The topological polar surface area (TPSA) is 101 Å². The predicted octanol–water partition coefficient (Wildman–Crippen LogP) is 3.20. The van der Waals surface area contributed by atoms with Gasteiger partial charge >= 0.3 is 0 Å². The molecule has 3 aromatic rings. The van der Waals surface area contributed by atoms with Crippen LogP contribution in [0.1, 0.15) is 34.6 Å². The number of aromatic nitrogens is 1. The highest BCUT2D eigenvalue weighted by molar-refractivity contribution is 5.58. The van der Waals surface area contributed by atoms with Gasteiger partial charge in [-0.1, -0.05) is 42.5 Å². The molecule has 2 aliphatic rings. The summed E-state index contributed by atoms with van der Waals surface area (Å²) < 4.78 is 12.3. The number of pyridine rings is 1. The Morgan fingerprint density at radius 3 is 2.58 bits per heavy atom. The zero-order valence-electron chi connectivity index (χ0n) is 17.2. The Kier molecular flexibility index (Phi) is 4.47. The maximum atomic E-state index is 12.4. The molecule has 6 heteroatoms. The van der Waals surface area contributed by atoms with Crippen LogP contribution >= 0.6 is 0 Å². The van der Waals surface area contributed by atoms with Crippen LogP contribution in [0.15, 0.2) is 67.0 Å². The van der Waals surface area contributed by atoms with Gasteiger partial charge in [-0.2, -0.15) is 5.26 Å². The maximum Gasteiger partial charge on any atom is 0.174 e. The molecule has 5 rings (SSSR count). The van der Waals surface area contributed by atoms with Crippen molar-refractivity contribution < 1.29 is 14.6 Å². The molecule has 1 aromatic heterocycles. The first-order valence-corrected chi connectivity index (χ1v) is 10.3. The maximum absolute atomic E-state index is 12.4. The van der Waals surface area contributed by atoms with Gasteiger partial charge < -0.3 is 20.3 Å². The molecule has 2 heterocycles. The first-order chi connectivity index (χ1) is 15.1. The monoisotopic (exact) mass is 413 g/mol. The van der Waals surface area contributed by atoms with Crippen LogP contribution in [-0.4, -0.2) is 23.7 Å². The number of rotatable bonds is 4. The average Bonchev–Trinajstić information content (AvgIpc) is 3.23. The molecule has 2 aromatic carbocycles. The van der Waals surface area contributed by atoms with Gasteiger partial charge in [0.25, 0.3) is 0 Å². The van der Waals surface area contributed by atoms with Crippen molar-refractivity contribution in [3.8, 4) is 17.6 Å². The van der Waals surface area contributed by atoms with Gasteiger partial charge in [-0.25, -0.2) is 0 Å². The van der Waals surface area contributed by atoms with E-state index in [1.165, 1.54) is 0 Å². The van der Waals surface area contributed by atoms with E-state index in [1.807, 2.05) is 42.5 Å². The van der Waals surface area contributed by atoms with Crippen molar-refractivity contribution in [3.05, 3.63) is 89.2 Å². The summed E-state index contributed by atoms with van der Waals surface area (Å²) >= 11 is 0. The molecule has 156 valence electrons. The molecular weight excluding hydrogens is 390 g/mol. The van der Waals surface area contributed by atoms with Crippen LogP contribution in [0, 0.1) is 17.2 Å². The van der Waals surface area contributed by atoms with Crippen LogP contribution in [-0.2, 0) is 11.2 Å². The molecule has 0 amide bonds. The molecule has 3 N–H and O–H groups in total. The molecule has 1 aliphatic carbocycles. The third kappa shape index (κ3) is 2.54. The molecule has 4 atom stereocenters. The van der Waals surface area contributed by atoms with Crippen molar-refractivity contribution in [1.82, 2.24) is 4.98 Å². The van der Waals surface area contributed by atoms with E-state index in [0.717, 1.165) is 11.1 Å². The lowest BCUT2D eigenvalue weighted by molar-refractivity contribution is -0.106. The average molecular weight is 413 g/mol. The number of nitrogens with zero attached hydrogens (tertiary/aromatic N) is 2. The van der Waals surface area contributed by atoms with Gasteiger partial charge in [0.2, 0.25) is 0 Å². The van der Waals surface area contributed by atoms with Gasteiger partial charge in [-0.05, 0) is 42.1 Å². The van der Waals surface area contributed by atoms with Gasteiger partial charge in [0.15, 0.2) is 5.60 Å². The summed E-state index contributed by atoms with van der Waals surface area (Å²) in [6, 6.07) is 19.4. The van der Waals surface area contributed by atoms with E-state index in [0.29, 0.717) is 35.6 Å². The van der Waals surface area contributed by atoms with Gasteiger partial charge in [0.1, 0.15) is 17.1 Å². The second kappa shape index (κ2) is 7.09. The molecule has 6 nitrogen and oxygen atoms in total. The van der Waals surface area contributed by atoms with Crippen molar-refractivity contribution in [2.75, 3.05) is 13.7 Å². The highest BCUT2D eigenvalue weighted by Gasteiger charge is 2.72. The Bertz CT molecular complexity index is 1160. The van der Waals surface area contributed by atoms with E-state index in [9.17, 15) is 10.4 Å². The Morgan fingerprint density at radius 2 is 1.94 bits per heavy atom. The fraction of sp³-hybridized carbons (Fsp3) is 0.280. The standard InChI is InChI=1S/C25H23N3O3/c1-30-20-14-28-15-21-23(20)24(29)11-18(13-27)22(17-5-3-2-4-6-17)25(24,31-21)19-9-7-16(12-26)8-10-19/h2-10,14-15,18,22,29H,11,13,27H2,1H3/t18-,22?,24-,25?/m1/s1. The number of hydrogen-bond acceptors (Lipinski definition) is 6. The second-order valence-corrected chi connectivity index (χ2v) is 8.19. The molecule has 1 aliphatic heterocycles. The summed E-state index contributed by atoms with van der Waals surface area (Å²) in [6.45, 7) is 0.395. The van der Waals surface area contributed by atoms with Crippen LogP contribution in [0.25, 0.3) is 0 Å². The fourth-order valence-electron chi connectivity index (χ4n) is 5.57. The minimum atomic E-state index is -1.38. The zero-order valence-corrected chi connectivity index (χ0v) is 17.2. The number of fused-ring (bicyclic) bond motifs is 3. The minimum absolute atomic E-state index is 0.0333. The second-order valence-electron chi connectivity index (χ2n) is 8.19. The van der Waals surface area contributed by atoms with Crippen LogP contribution in [0.2, 0.25) is 0 Å². The largest absolute Gasteiger partial charge is 0.495 e. The van der Waals surface area contributed by atoms with E-state index in [1.54, 1.807) is 31.6 Å². The van der Waals surface area contributed by atoms with Gasteiger partial charge in [-0.3, -0.25) is 4.98 Å². The first kappa shape index (κ1) is 19.6. The van der Waals surface area contributed by atoms with E-state index in [-0.39, 0.29) is 11.8 Å². The van der Waals surface area contributed by atoms with Crippen molar-refractivity contribution in [3.63, 3.8) is 0 Å². The first-order valence-electron chi connectivity index (χ1n) is 10.3. The zero-order chi connectivity index (χ0) is 21.6. The van der Waals surface area contributed by atoms with Crippen molar-refractivity contribution in [2.24, 2.45) is 11.7 Å². The number of methoxy groups -OCH3 is 1. The lowest BCUT2D eigenvalue weighted by Crippen LogP contribution is -2.48. The van der Waals surface area contributed by atoms with Crippen molar-refractivity contribution >= 4 is 0 Å². The highest BCUT2D eigenvalue weighted by atomic mass is 16.5. The summed E-state index contributed by atoms with van der Waals surface area (Å²) in [7, 11) is 1.56. The molecule has 0 saturated heterocycles. The number of ether oxygens (including phenoxy) is 2. The van der Waals surface area contributed by atoms with Gasteiger partial charge in [0, 0.05) is 5.92 Å². The quantitative estimate of drug-likeness (QED) is 0.681. The Morgan fingerprint density at radius 1 is 1.19 bits per heavy atom. The molecule has 1 fully saturated rings. The van der Waals surface area contributed by atoms with Crippen molar-refractivity contribution in [2.45, 2.75) is 23.5 Å². The lowest BCUT2D eigenvalue weighted by atomic mass is 9.71. The Hall–Kier alpha value is -3.40. The number of aliphatic hydroxyl groups is 1. The predicted molar refractivity (Wildman–Crippen MR) is 114 cm³/mol. The minimum Gasteiger partial charge on any atom is -0.495 e. The summed E-state index contributed by atoms with van der Waals surface area (Å²) in [4.78, 5) is 4.25. The molecule has 2 unspecified atom stereocenters. The number of nitrogens with two attached hydrogens (primary N) is 1. The highest BCUT2D eigenvalue weighted by Crippen LogP contribution is 2.69. The van der Waals surface area contributed by atoms with Gasteiger partial charge in [0.05, 0.1) is 36.7 Å².